The molecule has 1 aliphatic heterocycles. The maximum absolute atomic E-state index is 7.51. The molecule has 0 aromatic heterocycles. The van der Waals surface area contributed by atoms with E-state index < -0.39 is 0 Å². The molecule has 3 nitrogen and oxygen atoms in total. The third-order valence-electron chi connectivity index (χ3n) is 3.52. The minimum Gasteiger partial charge on any atom is -0.387 e. The van der Waals surface area contributed by atoms with Crippen LogP contribution >= 0.6 is 0 Å². The van der Waals surface area contributed by atoms with Gasteiger partial charge in [-0.15, -0.1) is 0 Å². The lowest BCUT2D eigenvalue weighted by atomic mass is 9.87. The molecule has 1 heterocycles. The fourth-order valence-corrected chi connectivity index (χ4v) is 2.06. The third kappa shape index (κ3) is 3.82. The summed E-state index contributed by atoms with van der Waals surface area (Å²) in [5.74, 6) is 1.15. The first-order valence-corrected chi connectivity index (χ1v) is 5.98. The number of piperidine rings is 1. The van der Waals surface area contributed by atoms with Gasteiger partial charge in [0.2, 0.25) is 0 Å². The van der Waals surface area contributed by atoms with Gasteiger partial charge in [0.1, 0.15) is 0 Å². The van der Waals surface area contributed by atoms with Crippen molar-refractivity contribution in [3.05, 3.63) is 0 Å². The van der Waals surface area contributed by atoms with Gasteiger partial charge in [-0.3, -0.25) is 5.41 Å². The number of nitrogens with two attached hydrogens (primary N) is 1. The van der Waals surface area contributed by atoms with Crippen molar-refractivity contribution in [3.63, 3.8) is 0 Å². The smallest absolute Gasteiger partial charge is 0.0963 e. The molecule has 1 rings (SSSR count). The van der Waals surface area contributed by atoms with Gasteiger partial charge < -0.3 is 10.6 Å². The summed E-state index contributed by atoms with van der Waals surface area (Å²) in [6, 6.07) is 0. The van der Waals surface area contributed by atoms with Crippen LogP contribution in [0.2, 0.25) is 0 Å². The lowest BCUT2D eigenvalue weighted by Crippen LogP contribution is -2.39. The van der Waals surface area contributed by atoms with E-state index in [1.165, 1.54) is 25.9 Å². The second-order valence-electron chi connectivity index (χ2n) is 5.60. The average Bonchev–Trinajstić information content (AvgIpc) is 2.15. The summed E-state index contributed by atoms with van der Waals surface area (Å²) in [5, 5.41) is 7.51. The molecule has 0 aromatic carbocycles. The number of hydrogen-bond acceptors (Lipinski definition) is 2. The van der Waals surface area contributed by atoms with E-state index in [4.69, 9.17) is 11.1 Å². The second kappa shape index (κ2) is 4.97. The molecule has 0 saturated carbocycles. The zero-order valence-corrected chi connectivity index (χ0v) is 10.3. The highest BCUT2D eigenvalue weighted by Crippen LogP contribution is 2.22. The predicted octanol–water partition coefficient (Wildman–Crippen LogP) is 2.07. The fraction of sp³-hybridized carbons (Fsp3) is 0.917. The lowest BCUT2D eigenvalue weighted by molar-refractivity contribution is 0.170. The van der Waals surface area contributed by atoms with Crippen LogP contribution < -0.4 is 5.73 Å². The van der Waals surface area contributed by atoms with Crippen molar-refractivity contribution < 1.29 is 0 Å². The summed E-state index contributed by atoms with van der Waals surface area (Å²) in [5.41, 5.74) is 5.44. The second-order valence-corrected chi connectivity index (χ2v) is 5.60. The van der Waals surface area contributed by atoms with Crippen molar-refractivity contribution in [1.29, 1.82) is 5.41 Å². The standard InChI is InChI=1S/C12H25N3/c1-10-5-4-7-15(9-10)8-6-12(2,3)11(13)14/h10H,4-9H2,1-3H3,(H3,13,14). The highest BCUT2D eigenvalue weighted by molar-refractivity contribution is 5.82. The molecular formula is C12H25N3. The number of nitrogens with one attached hydrogen (secondary N) is 1. The van der Waals surface area contributed by atoms with Gasteiger partial charge in [0, 0.05) is 12.0 Å². The van der Waals surface area contributed by atoms with E-state index >= 15 is 0 Å². The minimum atomic E-state index is -0.138. The molecule has 3 heteroatoms. The van der Waals surface area contributed by atoms with Crippen molar-refractivity contribution in [1.82, 2.24) is 4.90 Å². The van der Waals surface area contributed by atoms with Gasteiger partial charge in [-0.05, 0) is 38.3 Å². The summed E-state index contributed by atoms with van der Waals surface area (Å²) in [6.07, 6.45) is 3.68. The van der Waals surface area contributed by atoms with E-state index in [1.54, 1.807) is 0 Å². The Bertz CT molecular complexity index is 223. The van der Waals surface area contributed by atoms with Crippen molar-refractivity contribution in [2.45, 2.75) is 40.0 Å². The summed E-state index contributed by atoms with van der Waals surface area (Å²) in [4.78, 5) is 2.51. The molecule has 1 saturated heterocycles. The van der Waals surface area contributed by atoms with E-state index in [9.17, 15) is 0 Å². The van der Waals surface area contributed by atoms with Crippen LogP contribution in [0.25, 0.3) is 0 Å². The van der Waals surface area contributed by atoms with Gasteiger partial charge in [-0.25, -0.2) is 0 Å². The van der Waals surface area contributed by atoms with Gasteiger partial charge >= 0.3 is 0 Å². The minimum absolute atomic E-state index is 0.138. The van der Waals surface area contributed by atoms with Crippen molar-refractivity contribution in [2.75, 3.05) is 19.6 Å². The van der Waals surface area contributed by atoms with Crippen LogP contribution in [-0.4, -0.2) is 30.4 Å². The first-order chi connectivity index (χ1) is 6.92. The molecule has 1 atom stereocenters. The number of nitrogens with zero attached hydrogens (tertiary/aromatic N) is 1. The molecule has 0 bridgehead atoms. The average molecular weight is 211 g/mol. The van der Waals surface area contributed by atoms with E-state index in [1.807, 2.05) is 0 Å². The Kier molecular flexibility index (Phi) is 4.14. The van der Waals surface area contributed by atoms with Crippen LogP contribution in [0.4, 0.5) is 0 Å². The topological polar surface area (TPSA) is 53.1 Å². The molecule has 1 unspecified atom stereocenters. The zero-order valence-electron chi connectivity index (χ0n) is 10.3. The molecule has 15 heavy (non-hydrogen) atoms. The maximum atomic E-state index is 7.51. The Morgan fingerprint density at radius 2 is 2.20 bits per heavy atom. The SMILES string of the molecule is CC1CCCN(CCC(C)(C)C(=N)N)C1. The largest absolute Gasteiger partial charge is 0.387 e. The Morgan fingerprint density at radius 1 is 1.53 bits per heavy atom. The maximum Gasteiger partial charge on any atom is 0.0963 e. The van der Waals surface area contributed by atoms with Gasteiger partial charge in [0.05, 0.1) is 5.84 Å². The van der Waals surface area contributed by atoms with Crippen LogP contribution in [0.1, 0.15) is 40.0 Å². The van der Waals surface area contributed by atoms with E-state index in [2.05, 4.69) is 25.7 Å². The number of amidine groups is 1. The van der Waals surface area contributed by atoms with Crippen LogP contribution in [0.15, 0.2) is 0 Å². The van der Waals surface area contributed by atoms with E-state index in [-0.39, 0.29) is 5.41 Å². The first kappa shape index (κ1) is 12.5. The van der Waals surface area contributed by atoms with Crippen LogP contribution in [0, 0.1) is 16.7 Å². The molecule has 1 fully saturated rings. The molecule has 0 spiro atoms. The molecule has 0 amide bonds. The number of hydrogen-bond donors (Lipinski definition) is 2. The molecule has 0 aliphatic carbocycles. The number of rotatable bonds is 4. The van der Waals surface area contributed by atoms with Gasteiger partial charge in [-0.1, -0.05) is 20.8 Å². The van der Waals surface area contributed by atoms with Crippen LogP contribution in [0.3, 0.4) is 0 Å². The highest BCUT2D eigenvalue weighted by atomic mass is 15.1. The Morgan fingerprint density at radius 3 is 2.73 bits per heavy atom. The Labute approximate surface area is 93.5 Å². The zero-order chi connectivity index (χ0) is 11.5. The van der Waals surface area contributed by atoms with E-state index in [0.29, 0.717) is 5.84 Å². The lowest BCUT2D eigenvalue weighted by Gasteiger charge is -2.33. The monoisotopic (exact) mass is 211 g/mol. The summed E-state index contributed by atoms with van der Waals surface area (Å²) >= 11 is 0. The molecule has 1 aliphatic rings. The van der Waals surface area contributed by atoms with Gasteiger partial charge in [0.15, 0.2) is 0 Å². The van der Waals surface area contributed by atoms with Gasteiger partial charge in [0.25, 0.3) is 0 Å². The highest BCUT2D eigenvalue weighted by Gasteiger charge is 2.24. The summed E-state index contributed by atoms with van der Waals surface area (Å²) < 4.78 is 0. The van der Waals surface area contributed by atoms with Crippen molar-refractivity contribution >= 4 is 5.84 Å². The quantitative estimate of drug-likeness (QED) is 0.552. The molecule has 88 valence electrons. The van der Waals surface area contributed by atoms with Crippen molar-refractivity contribution in [2.24, 2.45) is 17.1 Å². The predicted molar refractivity (Wildman–Crippen MR) is 65.2 cm³/mol. The van der Waals surface area contributed by atoms with Crippen molar-refractivity contribution in [3.8, 4) is 0 Å². The van der Waals surface area contributed by atoms with Gasteiger partial charge in [-0.2, -0.15) is 0 Å². The third-order valence-corrected chi connectivity index (χ3v) is 3.52. The van der Waals surface area contributed by atoms with Crippen LogP contribution in [0.5, 0.6) is 0 Å². The fourth-order valence-electron chi connectivity index (χ4n) is 2.06. The normalized spacial score (nSPS) is 24.1. The molecule has 0 aromatic rings. The first-order valence-electron chi connectivity index (χ1n) is 5.98. The van der Waals surface area contributed by atoms with Crippen LogP contribution in [-0.2, 0) is 0 Å². The Hall–Kier alpha value is -0.570. The Balaban J connectivity index is 2.33. The molecular weight excluding hydrogens is 186 g/mol. The number of likely N-dealkylation sites (tertiary alicyclic amines) is 1. The molecule has 0 radical (unpaired) electrons. The molecule has 3 N–H and O–H groups in total. The summed E-state index contributed by atoms with van der Waals surface area (Å²) in [6.45, 7) is 9.96. The van der Waals surface area contributed by atoms with E-state index in [0.717, 1.165) is 18.9 Å². The summed E-state index contributed by atoms with van der Waals surface area (Å²) in [7, 11) is 0.